The van der Waals surface area contributed by atoms with Crippen molar-refractivity contribution in [2.24, 2.45) is 0 Å². The third kappa shape index (κ3) is 3.88. The van der Waals surface area contributed by atoms with Gasteiger partial charge in [0.2, 0.25) is 0 Å². The molecule has 0 unspecified atom stereocenters. The lowest BCUT2D eigenvalue weighted by atomic mass is 10.1. The Morgan fingerprint density at radius 2 is 2.00 bits per heavy atom. The van der Waals surface area contributed by atoms with E-state index in [1.807, 2.05) is 13.0 Å². The molecule has 1 aromatic carbocycles. The summed E-state index contributed by atoms with van der Waals surface area (Å²) in [5.74, 6) is 0. The lowest BCUT2D eigenvalue weighted by molar-refractivity contribution is 0.922. The maximum Gasteiger partial charge on any atom is 0.170 e. The molecule has 0 heterocycles. The molecule has 0 aliphatic carbocycles. The van der Waals surface area contributed by atoms with Crippen LogP contribution in [0.5, 0.6) is 0 Å². The van der Waals surface area contributed by atoms with E-state index in [1.54, 1.807) is 0 Å². The van der Waals surface area contributed by atoms with Crippen molar-refractivity contribution >= 4 is 23.0 Å². The van der Waals surface area contributed by atoms with Gasteiger partial charge in [-0.05, 0) is 37.2 Å². The Morgan fingerprint density at radius 3 is 2.67 bits per heavy atom. The van der Waals surface area contributed by atoms with E-state index in [2.05, 4.69) is 35.8 Å². The third-order valence-corrected chi connectivity index (χ3v) is 2.37. The van der Waals surface area contributed by atoms with Crippen molar-refractivity contribution in [3.63, 3.8) is 0 Å². The quantitative estimate of drug-likeness (QED) is 0.766. The first-order chi connectivity index (χ1) is 7.27. The van der Waals surface area contributed by atoms with Crippen molar-refractivity contribution in [2.75, 3.05) is 11.9 Å². The second kappa shape index (κ2) is 6.40. The number of para-hydroxylation sites is 1. The highest BCUT2D eigenvalue weighted by Gasteiger charge is 2.01. The minimum Gasteiger partial charge on any atom is -0.363 e. The zero-order valence-electron chi connectivity index (χ0n) is 9.34. The van der Waals surface area contributed by atoms with Crippen LogP contribution in [-0.4, -0.2) is 11.7 Å². The Bertz CT molecular complexity index is 323. The summed E-state index contributed by atoms with van der Waals surface area (Å²) in [6, 6.07) is 8.29. The monoisotopic (exact) mass is 222 g/mol. The Kier molecular flexibility index (Phi) is 5.12. The summed E-state index contributed by atoms with van der Waals surface area (Å²) < 4.78 is 0. The second-order valence-corrected chi connectivity index (χ2v) is 3.80. The van der Waals surface area contributed by atoms with Crippen LogP contribution in [0, 0.1) is 0 Å². The predicted octanol–water partition coefficient (Wildman–Crippen LogP) is 2.95. The molecule has 2 N–H and O–H groups in total. The SMILES string of the molecule is CCCc1ccccc1NC(=S)NCC. The van der Waals surface area contributed by atoms with E-state index >= 15 is 0 Å². The van der Waals surface area contributed by atoms with Gasteiger partial charge in [-0.3, -0.25) is 0 Å². The summed E-state index contributed by atoms with van der Waals surface area (Å²) >= 11 is 5.16. The van der Waals surface area contributed by atoms with E-state index in [9.17, 15) is 0 Å². The number of anilines is 1. The first-order valence-corrected chi connectivity index (χ1v) is 5.81. The molecule has 0 fully saturated rings. The van der Waals surface area contributed by atoms with Gasteiger partial charge in [0.05, 0.1) is 0 Å². The Labute approximate surface area is 97.1 Å². The number of thiocarbonyl (C=S) groups is 1. The maximum absolute atomic E-state index is 5.16. The van der Waals surface area contributed by atoms with Gasteiger partial charge in [0.1, 0.15) is 0 Å². The van der Waals surface area contributed by atoms with Gasteiger partial charge in [-0.2, -0.15) is 0 Å². The summed E-state index contributed by atoms with van der Waals surface area (Å²) in [5.41, 5.74) is 2.44. The Hall–Kier alpha value is -1.09. The van der Waals surface area contributed by atoms with Crippen molar-refractivity contribution in [1.29, 1.82) is 0 Å². The second-order valence-electron chi connectivity index (χ2n) is 3.39. The van der Waals surface area contributed by atoms with Crippen LogP contribution in [0.2, 0.25) is 0 Å². The van der Waals surface area contributed by atoms with Crippen LogP contribution in [0.25, 0.3) is 0 Å². The van der Waals surface area contributed by atoms with Crippen molar-refractivity contribution in [1.82, 2.24) is 5.32 Å². The fourth-order valence-corrected chi connectivity index (χ4v) is 1.71. The smallest absolute Gasteiger partial charge is 0.170 e. The molecular weight excluding hydrogens is 204 g/mol. The van der Waals surface area contributed by atoms with Crippen molar-refractivity contribution in [3.8, 4) is 0 Å². The number of hydrogen-bond donors (Lipinski definition) is 2. The van der Waals surface area contributed by atoms with Gasteiger partial charge < -0.3 is 10.6 Å². The van der Waals surface area contributed by atoms with Crippen LogP contribution < -0.4 is 10.6 Å². The number of benzene rings is 1. The third-order valence-electron chi connectivity index (χ3n) is 2.12. The zero-order chi connectivity index (χ0) is 11.1. The van der Waals surface area contributed by atoms with E-state index in [4.69, 9.17) is 12.2 Å². The van der Waals surface area contributed by atoms with Crippen molar-refractivity contribution in [3.05, 3.63) is 29.8 Å². The van der Waals surface area contributed by atoms with E-state index in [1.165, 1.54) is 5.56 Å². The van der Waals surface area contributed by atoms with E-state index in [0.29, 0.717) is 5.11 Å². The van der Waals surface area contributed by atoms with Gasteiger partial charge in [0, 0.05) is 12.2 Å². The van der Waals surface area contributed by atoms with Crippen LogP contribution in [0.4, 0.5) is 5.69 Å². The van der Waals surface area contributed by atoms with Crippen LogP contribution in [0.15, 0.2) is 24.3 Å². The Balaban J connectivity index is 2.70. The molecule has 0 atom stereocenters. The van der Waals surface area contributed by atoms with E-state index in [-0.39, 0.29) is 0 Å². The average Bonchev–Trinajstić information content (AvgIpc) is 2.21. The average molecular weight is 222 g/mol. The molecular formula is C12H18N2S. The van der Waals surface area contributed by atoms with Gasteiger partial charge in [-0.25, -0.2) is 0 Å². The minimum atomic E-state index is 0.695. The maximum atomic E-state index is 5.16. The first kappa shape index (κ1) is 12.0. The minimum absolute atomic E-state index is 0.695. The van der Waals surface area contributed by atoms with Crippen LogP contribution in [0.1, 0.15) is 25.8 Å². The molecule has 1 rings (SSSR count). The van der Waals surface area contributed by atoms with Crippen LogP contribution in [0.3, 0.4) is 0 Å². The molecule has 0 saturated heterocycles. The standard InChI is InChI=1S/C12H18N2S/c1-3-7-10-8-5-6-9-11(10)14-12(15)13-4-2/h5-6,8-9H,3-4,7H2,1-2H3,(H2,13,14,15). The highest BCUT2D eigenvalue weighted by atomic mass is 32.1. The number of nitrogens with one attached hydrogen (secondary N) is 2. The molecule has 0 bridgehead atoms. The molecule has 0 aliphatic heterocycles. The van der Waals surface area contributed by atoms with Gasteiger partial charge in [-0.1, -0.05) is 31.5 Å². The molecule has 0 aromatic heterocycles. The molecule has 82 valence electrons. The zero-order valence-corrected chi connectivity index (χ0v) is 10.2. The Morgan fingerprint density at radius 1 is 1.27 bits per heavy atom. The van der Waals surface area contributed by atoms with Crippen LogP contribution >= 0.6 is 12.2 Å². The predicted molar refractivity (Wildman–Crippen MR) is 70.3 cm³/mol. The van der Waals surface area contributed by atoms with Gasteiger partial charge in [0.15, 0.2) is 5.11 Å². The molecule has 0 spiro atoms. The fourth-order valence-electron chi connectivity index (χ4n) is 1.46. The highest BCUT2D eigenvalue weighted by molar-refractivity contribution is 7.80. The van der Waals surface area contributed by atoms with E-state index in [0.717, 1.165) is 25.1 Å². The van der Waals surface area contributed by atoms with E-state index < -0.39 is 0 Å². The summed E-state index contributed by atoms with van der Waals surface area (Å²) in [6.45, 7) is 5.06. The molecule has 0 radical (unpaired) electrons. The normalized spacial score (nSPS) is 9.73. The van der Waals surface area contributed by atoms with Gasteiger partial charge in [-0.15, -0.1) is 0 Å². The highest BCUT2D eigenvalue weighted by Crippen LogP contribution is 2.16. The summed E-state index contributed by atoms with van der Waals surface area (Å²) in [5, 5.41) is 7.00. The van der Waals surface area contributed by atoms with Crippen molar-refractivity contribution in [2.45, 2.75) is 26.7 Å². The molecule has 0 aliphatic rings. The fraction of sp³-hybridized carbons (Fsp3) is 0.417. The largest absolute Gasteiger partial charge is 0.363 e. The lowest BCUT2D eigenvalue weighted by Gasteiger charge is -2.12. The molecule has 1 aromatic rings. The molecule has 15 heavy (non-hydrogen) atoms. The summed E-state index contributed by atoms with van der Waals surface area (Å²) in [7, 11) is 0. The van der Waals surface area contributed by atoms with Gasteiger partial charge in [0.25, 0.3) is 0 Å². The molecule has 0 saturated carbocycles. The summed E-state index contributed by atoms with van der Waals surface area (Å²) in [6.07, 6.45) is 2.23. The summed E-state index contributed by atoms with van der Waals surface area (Å²) in [4.78, 5) is 0. The van der Waals surface area contributed by atoms with Crippen molar-refractivity contribution < 1.29 is 0 Å². The molecule has 3 heteroatoms. The van der Waals surface area contributed by atoms with Gasteiger partial charge >= 0.3 is 0 Å². The number of aryl methyl sites for hydroxylation is 1. The number of hydrogen-bond acceptors (Lipinski definition) is 1. The molecule has 0 amide bonds. The lowest BCUT2D eigenvalue weighted by Crippen LogP contribution is -2.28. The molecule has 2 nitrogen and oxygen atoms in total. The first-order valence-electron chi connectivity index (χ1n) is 5.40. The van der Waals surface area contributed by atoms with Crippen LogP contribution in [-0.2, 0) is 6.42 Å². The topological polar surface area (TPSA) is 24.1 Å². The number of rotatable bonds is 4.